The number of carbonyl (C=O) groups excluding carboxylic acids is 1. The number of carbonyl (C=O) groups is 1. The third-order valence-corrected chi connectivity index (χ3v) is 4.20. The molecule has 1 unspecified atom stereocenters. The summed E-state index contributed by atoms with van der Waals surface area (Å²) in [6.07, 6.45) is 3.50. The van der Waals surface area contributed by atoms with E-state index in [1.807, 2.05) is 37.1 Å². The van der Waals surface area contributed by atoms with Gasteiger partial charge in [-0.1, -0.05) is 0 Å². The van der Waals surface area contributed by atoms with E-state index in [0.29, 0.717) is 24.8 Å². The van der Waals surface area contributed by atoms with Gasteiger partial charge in [-0.25, -0.2) is 4.98 Å². The molecule has 3 rings (SSSR count). The van der Waals surface area contributed by atoms with Crippen LogP contribution in [0.1, 0.15) is 18.8 Å². The second-order valence-corrected chi connectivity index (χ2v) is 5.79. The zero-order valence-electron chi connectivity index (χ0n) is 14.2. The molecule has 0 spiro atoms. The Kier molecular flexibility index (Phi) is 4.64. The summed E-state index contributed by atoms with van der Waals surface area (Å²) >= 11 is 0. The Labute approximate surface area is 141 Å². The van der Waals surface area contributed by atoms with Gasteiger partial charge in [0.15, 0.2) is 0 Å². The van der Waals surface area contributed by atoms with Crippen LogP contribution in [-0.2, 0) is 4.79 Å². The van der Waals surface area contributed by atoms with Crippen LogP contribution in [0.2, 0.25) is 0 Å². The van der Waals surface area contributed by atoms with Gasteiger partial charge in [-0.3, -0.25) is 9.48 Å². The number of aryl methyl sites for hydroxylation is 1. The van der Waals surface area contributed by atoms with Crippen molar-refractivity contribution in [2.24, 2.45) is 0 Å². The number of anilines is 1. The van der Waals surface area contributed by atoms with Crippen LogP contribution in [0.15, 0.2) is 24.5 Å². The molecular weight excluding hydrogens is 308 g/mol. The van der Waals surface area contributed by atoms with E-state index < -0.39 is 0 Å². The first-order valence-electron chi connectivity index (χ1n) is 8.01. The summed E-state index contributed by atoms with van der Waals surface area (Å²) in [5, 5.41) is 4.15. The number of methoxy groups -OCH3 is 1. The summed E-state index contributed by atoms with van der Waals surface area (Å²) in [7, 11) is 1.60. The van der Waals surface area contributed by atoms with Gasteiger partial charge >= 0.3 is 0 Å². The highest BCUT2D eigenvalue weighted by Crippen LogP contribution is 2.20. The van der Waals surface area contributed by atoms with Crippen LogP contribution in [0.25, 0.3) is 0 Å². The van der Waals surface area contributed by atoms with Crippen molar-refractivity contribution in [2.75, 3.05) is 38.2 Å². The fourth-order valence-corrected chi connectivity index (χ4v) is 2.83. The van der Waals surface area contributed by atoms with Gasteiger partial charge in [0.05, 0.1) is 7.11 Å². The monoisotopic (exact) mass is 330 g/mol. The van der Waals surface area contributed by atoms with Gasteiger partial charge < -0.3 is 14.5 Å². The number of piperazine rings is 1. The van der Waals surface area contributed by atoms with Crippen LogP contribution in [0.5, 0.6) is 5.88 Å². The fourth-order valence-electron chi connectivity index (χ4n) is 2.83. The van der Waals surface area contributed by atoms with Crippen molar-refractivity contribution in [3.8, 4) is 5.88 Å². The summed E-state index contributed by atoms with van der Waals surface area (Å²) in [6.45, 7) is 6.51. The predicted octanol–water partition coefficient (Wildman–Crippen LogP) is 0.900. The van der Waals surface area contributed by atoms with Gasteiger partial charge in [0.2, 0.25) is 11.8 Å². The first kappa shape index (κ1) is 16.2. The van der Waals surface area contributed by atoms with E-state index in [9.17, 15) is 4.79 Å². The summed E-state index contributed by atoms with van der Waals surface area (Å²) in [4.78, 5) is 25.3. The maximum absolute atomic E-state index is 12.6. The molecule has 0 radical (unpaired) electrons. The van der Waals surface area contributed by atoms with Crippen LogP contribution in [0, 0.1) is 6.92 Å². The second-order valence-electron chi connectivity index (χ2n) is 5.79. The van der Waals surface area contributed by atoms with Crippen LogP contribution in [-0.4, -0.2) is 63.8 Å². The largest absolute Gasteiger partial charge is 0.481 e. The molecule has 2 aromatic rings. The Morgan fingerprint density at radius 1 is 1.25 bits per heavy atom. The standard InChI is InChI=1S/C16H22N6O2/c1-12(22-6-4-5-17-22)16(23)21-9-7-20(8-10-21)14-11-15(24-3)19-13(2)18-14/h4-6,11-12H,7-10H2,1-3H3. The number of hydrogen-bond donors (Lipinski definition) is 0. The molecule has 24 heavy (non-hydrogen) atoms. The van der Waals surface area contributed by atoms with E-state index in [1.165, 1.54) is 0 Å². The molecule has 3 heterocycles. The summed E-state index contributed by atoms with van der Waals surface area (Å²) in [5.41, 5.74) is 0. The molecule has 2 aromatic heterocycles. The highest BCUT2D eigenvalue weighted by molar-refractivity contribution is 5.80. The maximum atomic E-state index is 12.6. The van der Waals surface area contributed by atoms with Crippen LogP contribution >= 0.6 is 0 Å². The predicted molar refractivity (Wildman–Crippen MR) is 89.1 cm³/mol. The number of nitrogens with zero attached hydrogens (tertiary/aromatic N) is 6. The number of hydrogen-bond acceptors (Lipinski definition) is 6. The Morgan fingerprint density at radius 3 is 2.62 bits per heavy atom. The number of aromatic nitrogens is 4. The van der Waals surface area contributed by atoms with Crippen molar-refractivity contribution in [3.63, 3.8) is 0 Å². The molecule has 128 valence electrons. The SMILES string of the molecule is COc1cc(N2CCN(C(=O)C(C)n3cccn3)CC2)nc(C)n1. The molecule has 0 N–H and O–H groups in total. The minimum Gasteiger partial charge on any atom is -0.481 e. The molecule has 1 aliphatic heterocycles. The summed E-state index contributed by atoms with van der Waals surface area (Å²) in [5.74, 6) is 2.17. The van der Waals surface area contributed by atoms with Crippen molar-refractivity contribution < 1.29 is 9.53 Å². The van der Waals surface area contributed by atoms with E-state index >= 15 is 0 Å². The van der Waals surface area contributed by atoms with Gasteiger partial charge in [0.1, 0.15) is 17.7 Å². The lowest BCUT2D eigenvalue weighted by atomic mass is 10.2. The molecule has 1 aliphatic rings. The van der Waals surface area contributed by atoms with Crippen molar-refractivity contribution >= 4 is 11.7 Å². The van der Waals surface area contributed by atoms with Crippen molar-refractivity contribution in [1.29, 1.82) is 0 Å². The van der Waals surface area contributed by atoms with Gasteiger partial charge in [-0.15, -0.1) is 0 Å². The van der Waals surface area contributed by atoms with Gasteiger partial charge in [0, 0.05) is 44.6 Å². The smallest absolute Gasteiger partial charge is 0.247 e. The Bertz CT molecular complexity index is 695. The summed E-state index contributed by atoms with van der Waals surface area (Å²) in [6, 6.07) is 3.37. The Balaban J connectivity index is 1.63. The van der Waals surface area contributed by atoms with Crippen molar-refractivity contribution in [1.82, 2.24) is 24.6 Å². The lowest BCUT2D eigenvalue weighted by molar-refractivity contribution is -0.134. The van der Waals surface area contributed by atoms with Crippen molar-refractivity contribution in [2.45, 2.75) is 19.9 Å². The molecule has 0 aromatic carbocycles. The first-order valence-corrected chi connectivity index (χ1v) is 8.01. The van der Waals surface area contributed by atoms with Gasteiger partial charge in [0.25, 0.3) is 0 Å². The molecule has 0 bridgehead atoms. The maximum Gasteiger partial charge on any atom is 0.247 e. The molecule has 0 aliphatic carbocycles. The molecular formula is C16H22N6O2. The highest BCUT2D eigenvalue weighted by atomic mass is 16.5. The average molecular weight is 330 g/mol. The Morgan fingerprint density at radius 2 is 2.00 bits per heavy atom. The summed E-state index contributed by atoms with van der Waals surface area (Å²) < 4.78 is 6.89. The van der Waals surface area contributed by atoms with E-state index in [2.05, 4.69) is 20.0 Å². The third-order valence-electron chi connectivity index (χ3n) is 4.20. The Hall–Kier alpha value is -2.64. The number of ether oxygens (including phenoxy) is 1. The average Bonchev–Trinajstić information content (AvgIpc) is 3.14. The van der Waals surface area contributed by atoms with E-state index in [-0.39, 0.29) is 11.9 Å². The van der Waals surface area contributed by atoms with Crippen molar-refractivity contribution in [3.05, 3.63) is 30.4 Å². The van der Waals surface area contributed by atoms with Crippen LogP contribution in [0.3, 0.4) is 0 Å². The molecule has 1 atom stereocenters. The topological polar surface area (TPSA) is 76.4 Å². The van der Waals surface area contributed by atoms with Gasteiger partial charge in [-0.05, 0) is 19.9 Å². The minimum absolute atomic E-state index is 0.0924. The second kappa shape index (κ2) is 6.86. The minimum atomic E-state index is -0.284. The number of rotatable bonds is 4. The van der Waals surface area contributed by atoms with Gasteiger partial charge in [-0.2, -0.15) is 10.1 Å². The lowest BCUT2D eigenvalue weighted by Gasteiger charge is -2.36. The lowest BCUT2D eigenvalue weighted by Crippen LogP contribution is -2.50. The molecule has 8 nitrogen and oxygen atoms in total. The molecule has 1 fully saturated rings. The third kappa shape index (κ3) is 3.32. The molecule has 1 saturated heterocycles. The normalized spacial score (nSPS) is 16.1. The number of amides is 1. The quantitative estimate of drug-likeness (QED) is 0.829. The van der Waals surface area contributed by atoms with E-state index in [0.717, 1.165) is 18.9 Å². The van der Waals surface area contributed by atoms with Crippen LogP contribution < -0.4 is 9.64 Å². The van der Waals surface area contributed by atoms with E-state index in [4.69, 9.17) is 4.74 Å². The molecule has 1 amide bonds. The molecule has 0 saturated carbocycles. The fraction of sp³-hybridized carbons (Fsp3) is 0.500. The van der Waals surface area contributed by atoms with E-state index in [1.54, 1.807) is 18.0 Å². The highest BCUT2D eigenvalue weighted by Gasteiger charge is 2.26. The zero-order chi connectivity index (χ0) is 17.1. The molecule has 8 heteroatoms. The van der Waals surface area contributed by atoms with Crippen LogP contribution in [0.4, 0.5) is 5.82 Å². The zero-order valence-corrected chi connectivity index (χ0v) is 14.2. The first-order chi connectivity index (χ1) is 11.6.